The van der Waals surface area contributed by atoms with E-state index >= 15 is 0 Å². The van der Waals surface area contributed by atoms with Crippen LogP contribution in [-0.4, -0.2) is 40.2 Å². The van der Waals surface area contributed by atoms with Crippen LogP contribution in [-0.2, 0) is 6.54 Å². The maximum Gasteiger partial charge on any atom is 0.317 e. The molecule has 0 aliphatic rings. The summed E-state index contributed by atoms with van der Waals surface area (Å²) in [5.41, 5.74) is 0.877. The smallest absolute Gasteiger partial charge is 0.317 e. The number of rotatable bonds is 7. The molecule has 1 aromatic rings. The van der Waals surface area contributed by atoms with Crippen LogP contribution in [0.4, 0.5) is 4.79 Å². The first-order chi connectivity index (χ1) is 9.17. The molecule has 1 atom stereocenters. The van der Waals surface area contributed by atoms with Gasteiger partial charge in [0.15, 0.2) is 0 Å². The number of aromatic nitrogens is 1. The number of carbonyl (C=O) groups is 1. The van der Waals surface area contributed by atoms with Gasteiger partial charge in [-0.1, -0.05) is 6.07 Å². The zero-order valence-electron chi connectivity index (χ0n) is 11.7. The van der Waals surface area contributed by atoms with E-state index in [4.69, 9.17) is 5.11 Å². The quantitative estimate of drug-likeness (QED) is 0.789. The Balaban J connectivity index is 2.48. The number of urea groups is 1. The molecule has 0 aliphatic heterocycles. The van der Waals surface area contributed by atoms with Crippen molar-refractivity contribution >= 4 is 6.03 Å². The average Bonchev–Trinajstić information content (AvgIpc) is 2.43. The molecule has 5 heteroatoms. The van der Waals surface area contributed by atoms with E-state index in [2.05, 4.69) is 10.3 Å². The number of aliphatic hydroxyl groups excluding tert-OH is 1. The van der Waals surface area contributed by atoms with Crippen LogP contribution in [0.2, 0.25) is 0 Å². The van der Waals surface area contributed by atoms with E-state index in [9.17, 15) is 4.79 Å². The minimum absolute atomic E-state index is 0.0671. The average molecular weight is 265 g/mol. The molecule has 1 unspecified atom stereocenters. The van der Waals surface area contributed by atoms with Crippen molar-refractivity contribution in [3.05, 3.63) is 30.1 Å². The topological polar surface area (TPSA) is 65.5 Å². The second-order valence-corrected chi connectivity index (χ2v) is 4.55. The van der Waals surface area contributed by atoms with Crippen LogP contribution in [0.1, 0.15) is 32.4 Å². The molecule has 19 heavy (non-hydrogen) atoms. The van der Waals surface area contributed by atoms with Crippen LogP contribution >= 0.6 is 0 Å². The van der Waals surface area contributed by atoms with Crippen molar-refractivity contribution in [2.75, 3.05) is 13.2 Å². The molecule has 0 saturated heterocycles. The molecule has 0 radical (unpaired) electrons. The Hall–Kier alpha value is -1.62. The highest BCUT2D eigenvalue weighted by molar-refractivity contribution is 5.74. The van der Waals surface area contributed by atoms with Gasteiger partial charge < -0.3 is 15.3 Å². The molecule has 0 aliphatic carbocycles. The maximum absolute atomic E-state index is 12.1. The Morgan fingerprint density at radius 2 is 2.32 bits per heavy atom. The fraction of sp³-hybridized carbons (Fsp3) is 0.571. The van der Waals surface area contributed by atoms with E-state index in [0.29, 0.717) is 19.5 Å². The van der Waals surface area contributed by atoms with Crippen LogP contribution in [0, 0.1) is 0 Å². The Morgan fingerprint density at radius 3 is 2.89 bits per heavy atom. The molecule has 0 spiro atoms. The molecule has 1 heterocycles. The first kappa shape index (κ1) is 15.4. The fourth-order valence-electron chi connectivity index (χ4n) is 1.79. The van der Waals surface area contributed by atoms with Gasteiger partial charge in [0.1, 0.15) is 0 Å². The molecule has 1 aromatic heterocycles. The van der Waals surface area contributed by atoms with Crippen molar-refractivity contribution in [2.24, 2.45) is 0 Å². The molecule has 0 bridgehead atoms. The molecule has 2 N–H and O–H groups in total. The van der Waals surface area contributed by atoms with Crippen molar-refractivity contribution in [3.8, 4) is 0 Å². The van der Waals surface area contributed by atoms with Crippen LogP contribution in [0.5, 0.6) is 0 Å². The van der Waals surface area contributed by atoms with E-state index in [1.165, 1.54) is 0 Å². The third kappa shape index (κ3) is 5.70. The van der Waals surface area contributed by atoms with Gasteiger partial charge in [0.25, 0.3) is 0 Å². The Kier molecular flexibility index (Phi) is 6.89. The van der Waals surface area contributed by atoms with E-state index in [-0.39, 0.29) is 18.7 Å². The number of nitrogens with one attached hydrogen (secondary N) is 1. The lowest BCUT2D eigenvalue weighted by Crippen LogP contribution is -2.43. The normalized spacial score (nSPS) is 11.9. The fourth-order valence-corrected chi connectivity index (χ4v) is 1.79. The second kappa shape index (κ2) is 8.48. The minimum Gasteiger partial charge on any atom is -0.396 e. The summed E-state index contributed by atoms with van der Waals surface area (Å²) in [5, 5.41) is 11.7. The first-order valence-electron chi connectivity index (χ1n) is 6.73. The van der Waals surface area contributed by atoms with E-state index < -0.39 is 0 Å². The standard InChI is InChI=1S/C14H23N3O2/c1-3-17(11-13-8-4-5-9-15-13)14(19)16-12(2)7-6-10-18/h4-5,8-9,12,18H,3,6-7,10-11H2,1-2H3,(H,16,19). The molecule has 5 nitrogen and oxygen atoms in total. The van der Waals surface area contributed by atoms with Gasteiger partial charge in [0.2, 0.25) is 0 Å². The molecule has 106 valence electrons. The summed E-state index contributed by atoms with van der Waals surface area (Å²) in [7, 11) is 0. The van der Waals surface area contributed by atoms with Gasteiger partial charge in [-0.3, -0.25) is 4.98 Å². The van der Waals surface area contributed by atoms with E-state index in [1.54, 1.807) is 11.1 Å². The minimum atomic E-state index is -0.0846. The zero-order valence-corrected chi connectivity index (χ0v) is 11.7. The summed E-state index contributed by atoms with van der Waals surface area (Å²) in [6.07, 6.45) is 3.21. The van der Waals surface area contributed by atoms with Crippen molar-refractivity contribution in [2.45, 2.75) is 39.3 Å². The number of amides is 2. The largest absolute Gasteiger partial charge is 0.396 e. The summed E-state index contributed by atoms with van der Waals surface area (Å²) in [6, 6.07) is 5.66. The van der Waals surface area contributed by atoms with Crippen molar-refractivity contribution < 1.29 is 9.90 Å². The molecular formula is C14H23N3O2. The number of nitrogens with zero attached hydrogens (tertiary/aromatic N) is 2. The molecular weight excluding hydrogens is 242 g/mol. The number of carbonyl (C=O) groups excluding carboxylic acids is 1. The lowest BCUT2D eigenvalue weighted by molar-refractivity contribution is 0.192. The lowest BCUT2D eigenvalue weighted by Gasteiger charge is -2.23. The summed E-state index contributed by atoms with van der Waals surface area (Å²) >= 11 is 0. The molecule has 1 rings (SSSR count). The monoisotopic (exact) mass is 265 g/mol. The van der Waals surface area contributed by atoms with Gasteiger partial charge in [0, 0.05) is 25.4 Å². The predicted molar refractivity (Wildman–Crippen MR) is 74.6 cm³/mol. The highest BCUT2D eigenvalue weighted by Gasteiger charge is 2.14. The van der Waals surface area contributed by atoms with Gasteiger partial charge in [-0.25, -0.2) is 4.79 Å². The van der Waals surface area contributed by atoms with Gasteiger partial charge in [0.05, 0.1) is 12.2 Å². The first-order valence-corrected chi connectivity index (χ1v) is 6.73. The molecule has 0 saturated carbocycles. The zero-order chi connectivity index (χ0) is 14.1. The van der Waals surface area contributed by atoms with E-state index in [0.717, 1.165) is 12.1 Å². The Morgan fingerprint density at radius 1 is 1.53 bits per heavy atom. The highest BCUT2D eigenvalue weighted by atomic mass is 16.3. The van der Waals surface area contributed by atoms with Crippen LogP contribution in [0.3, 0.4) is 0 Å². The number of hydrogen-bond donors (Lipinski definition) is 2. The maximum atomic E-state index is 12.1. The molecule has 2 amide bonds. The molecule has 0 aromatic carbocycles. The van der Waals surface area contributed by atoms with Crippen LogP contribution in [0.25, 0.3) is 0 Å². The number of pyridine rings is 1. The third-order valence-electron chi connectivity index (χ3n) is 2.91. The summed E-state index contributed by atoms with van der Waals surface area (Å²) < 4.78 is 0. The number of hydrogen-bond acceptors (Lipinski definition) is 3. The summed E-state index contributed by atoms with van der Waals surface area (Å²) in [4.78, 5) is 18.0. The van der Waals surface area contributed by atoms with Gasteiger partial charge in [-0.2, -0.15) is 0 Å². The van der Waals surface area contributed by atoms with Gasteiger partial charge >= 0.3 is 6.03 Å². The van der Waals surface area contributed by atoms with Crippen molar-refractivity contribution in [1.29, 1.82) is 0 Å². The van der Waals surface area contributed by atoms with Gasteiger partial charge in [-0.05, 0) is 38.8 Å². The van der Waals surface area contributed by atoms with Crippen molar-refractivity contribution in [3.63, 3.8) is 0 Å². The third-order valence-corrected chi connectivity index (χ3v) is 2.91. The van der Waals surface area contributed by atoms with Gasteiger partial charge in [-0.15, -0.1) is 0 Å². The second-order valence-electron chi connectivity index (χ2n) is 4.55. The predicted octanol–water partition coefficient (Wildman–Crippen LogP) is 1.77. The highest BCUT2D eigenvalue weighted by Crippen LogP contribution is 2.03. The van der Waals surface area contributed by atoms with Crippen molar-refractivity contribution in [1.82, 2.24) is 15.2 Å². The van der Waals surface area contributed by atoms with E-state index in [1.807, 2.05) is 32.0 Å². The lowest BCUT2D eigenvalue weighted by atomic mass is 10.2. The summed E-state index contributed by atoms with van der Waals surface area (Å²) in [5.74, 6) is 0. The van der Waals surface area contributed by atoms with Crippen LogP contribution in [0.15, 0.2) is 24.4 Å². The summed E-state index contributed by atoms with van der Waals surface area (Å²) in [6.45, 7) is 5.19. The Bertz CT molecular complexity index is 370. The number of aliphatic hydroxyl groups is 1. The molecule has 0 fully saturated rings. The SMILES string of the molecule is CCN(Cc1ccccn1)C(=O)NC(C)CCCO. The Labute approximate surface area is 114 Å². The van der Waals surface area contributed by atoms with Crippen LogP contribution < -0.4 is 5.32 Å².